The molecule has 0 spiro atoms. The highest BCUT2D eigenvalue weighted by molar-refractivity contribution is 8.32. The average molecular weight is 608 g/mol. The van der Waals surface area contributed by atoms with Gasteiger partial charge in [-0.3, -0.25) is 4.79 Å². The molecule has 0 aliphatic carbocycles. The molecular formula is C16H15F11O6S3. The normalized spacial score (nSPS) is 15.6. The smallest absolute Gasteiger partial charge is 0.293 e. The number of sulfone groups is 1. The highest BCUT2D eigenvalue weighted by Gasteiger charge is 2.90. The van der Waals surface area contributed by atoms with Crippen molar-refractivity contribution in [3.05, 3.63) is 29.8 Å². The molecule has 0 saturated heterocycles. The van der Waals surface area contributed by atoms with E-state index in [1.165, 1.54) is 0 Å². The Morgan fingerprint density at radius 2 is 1.14 bits per heavy atom. The summed E-state index contributed by atoms with van der Waals surface area (Å²) in [4.78, 5) is 12.0. The standard InChI is InChI=1S/C16H15F11O6S3/c1-34(2,8-11(28)9-4-6-10(7-5-9)35(3,29)30)33-36(31,32)16(26,27)14(21,22)12(17,18)13(19,20)15(23,24)25/h4-7H,8H2,1-3H3. The van der Waals surface area contributed by atoms with Crippen LogP contribution in [0.4, 0.5) is 48.3 Å². The van der Waals surface area contributed by atoms with Crippen LogP contribution in [-0.4, -0.2) is 76.3 Å². The van der Waals surface area contributed by atoms with Crippen molar-refractivity contribution in [1.82, 2.24) is 0 Å². The maximum absolute atomic E-state index is 14.0. The third kappa shape index (κ3) is 5.74. The van der Waals surface area contributed by atoms with Gasteiger partial charge in [0, 0.05) is 11.8 Å². The highest BCUT2D eigenvalue weighted by atomic mass is 32.3. The molecule has 20 heteroatoms. The van der Waals surface area contributed by atoms with Crippen LogP contribution in [0.25, 0.3) is 0 Å². The van der Waals surface area contributed by atoms with Gasteiger partial charge >= 0.3 is 39.3 Å². The van der Waals surface area contributed by atoms with E-state index in [2.05, 4.69) is 3.63 Å². The molecule has 0 saturated carbocycles. The zero-order valence-electron chi connectivity index (χ0n) is 17.8. The van der Waals surface area contributed by atoms with Gasteiger partial charge in [0.15, 0.2) is 15.6 Å². The van der Waals surface area contributed by atoms with Gasteiger partial charge in [-0.25, -0.2) is 12.0 Å². The van der Waals surface area contributed by atoms with Crippen molar-refractivity contribution in [3.8, 4) is 0 Å². The van der Waals surface area contributed by atoms with Crippen molar-refractivity contribution in [1.29, 1.82) is 0 Å². The van der Waals surface area contributed by atoms with E-state index in [1.54, 1.807) is 0 Å². The lowest BCUT2D eigenvalue weighted by molar-refractivity contribution is -0.413. The van der Waals surface area contributed by atoms with E-state index in [9.17, 15) is 69.9 Å². The maximum Gasteiger partial charge on any atom is 0.460 e. The number of benzene rings is 1. The second-order valence-corrected chi connectivity index (χ2v) is 14.7. The zero-order chi connectivity index (χ0) is 29.0. The summed E-state index contributed by atoms with van der Waals surface area (Å²) in [7, 11) is -14.9. The predicted octanol–water partition coefficient (Wildman–Crippen LogP) is 4.66. The van der Waals surface area contributed by atoms with Crippen molar-refractivity contribution in [2.45, 2.75) is 34.1 Å². The molecule has 0 amide bonds. The molecule has 0 atom stereocenters. The molecule has 1 aromatic rings. The number of Topliss-reactive ketones (excluding diaryl/α,β-unsaturated/α-hetero) is 1. The van der Waals surface area contributed by atoms with Crippen molar-refractivity contribution in [2.24, 2.45) is 0 Å². The first-order valence-corrected chi connectivity index (χ1v) is 14.5. The van der Waals surface area contributed by atoms with Crippen molar-refractivity contribution < 1.29 is 73.6 Å². The fourth-order valence-corrected chi connectivity index (χ4v) is 6.66. The van der Waals surface area contributed by atoms with E-state index in [-0.39, 0.29) is 10.5 Å². The number of ketones is 1. The van der Waals surface area contributed by atoms with Crippen LogP contribution in [0.5, 0.6) is 0 Å². The molecule has 0 heterocycles. The Bertz CT molecular complexity index is 1210. The summed E-state index contributed by atoms with van der Waals surface area (Å²) in [5.41, 5.74) is -0.364. The molecule has 0 aromatic heterocycles. The molecule has 1 aromatic carbocycles. The van der Waals surface area contributed by atoms with Crippen LogP contribution in [-0.2, 0) is 23.6 Å². The summed E-state index contributed by atoms with van der Waals surface area (Å²) >= 11 is 0. The maximum atomic E-state index is 14.0. The lowest BCUT2D eigenvalue weighted by Gasteiger charge is -2.38. The minimum Gasteiger partial charge on any atom is -0.293 e. The molecule has 6 nitrogen and oxygen atoms in total. The lowest BCUT2D eigenvalue weighted by Crippen LogP contribution is -2.68. The first-order chi connectivity index (χ1) is 15.6. The summed E-state index contributed by atoms with van der Waals surface area (Å²) in [6.45, 7) is 0. The van der Waals surface area contributed by atoms with Gasteiger partial charge in [0.1, 0.15) is 0 Å². The van der Waals surface area contributed by atoms with E-state index < -0.39 is 71.0 Å². The SMILES string of the molecule is CS(C)(CC(=O)c1ccc(S(C)(=O)=O)cc1)OS(=O)(=O)C(F)(F)C(F)(F)C(F)(F)C(F)(F)C(F)(F)F. The van der Waals surface area contributed by atoms with E-state index in [1.807, 2.05) is 0 Å². The number of carbonyl (C=O) groups is 1. The quantitative estimate of drug-likeness (QED) is 0.284. The molecule has 210 valence electrons. The van der Waals surface area contributed by atoms with E-state index in [0.29, 0.717) is 12.5 Å². The predicted molar refractivity (Wildman–Crippen MR) is 104 cm³/mol. The van der Waals surface area contributed by atoms with Gasteiger partial charge in [-0.2, -0.15) is 56.7 Å². The Morgan fingerprint density at radius 1 is 0.722 bits per heavy atom. The summed E-state index contributed by atoms with van der Waals surface area (Å²) in [6, 6.07) is 3.62. The first-order valence-electron chi connectivity index (χ1n) is 8.63. The first kappa shape index (κ1) is 32.4. The third-order valence-electron chi connectivity index (χ3n) is 4.18. The van der Waals surface area contributed by atoms with Gasteiger partial charge in [0.25, 0.3) is 0 Å². The Kier molecular flexibility index (Phi) is 8.33. The molecule has 36 heavy (non-hydrogen) atoms. The molecule has 0 unspecified atom stereocenters. The van der Waals surface area contributed by atoms with Gasteiger partial charge in [0.05, 0.1) is 10.6 Å². The number of hydrogen-bond acceptors (Lipinski definition) is 6. The third-order valence-corrected chi connectivity index (χ3v) is 9.34. The van der Waals surface area contributed by atoms with Crippen LogP contribution in [0.1, 0.15) is 10.4 Å². The number of alkyl halides is 11. The second kappa shape index (κ2) is 9.26. The monoisotopic (exact) mass is 608 g/mol. The molecule has 1 rings (SSSR count). The lowest BCUT2D eigenvalue weighted by atomic mass is 10.0. The Hall–Kier alpha value is -1.67. The van der Waals surface area contributed by atoms with Crippen molar-refractivity contribution >= 4 is 36.0 Å². The van der Waals surface area contributed by atoms with Gasteiger partial charge in [-0.1, -0.05) is 12.1 Å². The number of halogens is 11. The molecule has 0 fully saturated rings. The Balaban J connectivity index is 3.30. The highest BCUT2D eigenvalue weighted by Crippen LogP contribution is 2.60. The topological polar surface area (TPSA) is 94.6 Å². The fourth-order valence-electron chi connectivity index (χ4n) is 2.31. The van der Waals surface area contributed by atoms with E-state index in [4.69, 9.17) is 0 Å². The van der Waals surface area contributed by atoms with Gasteiger partial charge in [-0.15, -0.1) is 10.3 Å². The molecule has 0 aliphatic rings. The van der Waals surface area contributed by atoms with Crippen LogP contribution in [0.15, 0.2) is 29.2 Å². The average Bonchev–Trinajstić information content (AvgIpc) is 2.64. The van der Waals surface area contributed by atoms with Gasteiger partial charge in [0.2, 0.25) is 0 Å². The summed E-state index contributed by atoms with van der Waals surface area (Å²) in [5.74, 6) is -25.9. The van der Waals surface area contributed by atoms with E-state index >= 15 is 0 Å². The van der Waals surface area contributed by atoms with Crippen LogP contribution in [0.3, 0.4) is 0 Å². The Morgan fingerprint density at radius 3 is 1.50 bits per heavy atom. The molecule has 0 bridgehead atoms. The zero-order valence-corrected chi connectivity index (χ0v) is 20.3. The Labute approximate surface area is 198 Å². The second-order valence-electron chi connectivity index (χ2n) is 7.56. The van der Waals surface area contributed by atoms with E-state index in [0.717, 1.165) is 30.5 Å². The fraction of sp³-hybridized carbons (Fsp3) is 0.562. The van der Waals surface area contributed by atoms with Crippen LogP contribution >= 0.6 is 10.3 Å². The van der Waals surface area contributed by atoms with Crippen LogP contribution in [0, 0.1) is 0 Å². The summed E-state index contributed by atoms with van der Waals surface area (Å²) < 4.78 is 194. The molecule has 0 radical (unpaired) electrons. The van der Waals surface area contributed by atoms with Gasteiger partial charge in [-0.05, 0) is 24.6 Å². The van der Waals surface area contributed by atoms with Crippen molar-refractivity contribution in [2.75, 3.05) is 24.5 Å². The largest absolute Gasteiger partial charge is 0.460 e. The van der Waals surface area contributed by atoms with Crippen LogP contribution in [0.2, 0.25) is 0 Å². The summed E-state index contributed by atoms with van der Waals surface area (Å²) in [6.07, 6.45) is -5.53. The van der Waals surface area contributed by atoms with Gasteiger partial charge < -0.3 is 0 Å². The molecular weight excluding hydrogens is 593 g/mol. The number of carbonyl (C=O) groups excluding carboxylic acids is 1. The number of hydrogen-bond donors (Lipinski definition) is 0. The molecule has 0 N–H and O–H groups in total. The summed E-state index contributed by atoms with van der Waals surface area (Å²) in [5, 5.41) is -7.33. The van der Waals surface area contributed by atoms with Crippen molar-refractivity contribution in [3.63, 3.8) is 0 Å². The minimum absolute atomic E-state index is 0.275. The minimum atomic E-state index is -7.96. The van der Waals surface area contributed by atoms with Crippen LogP contribution < -0.4 is 0 Å². The molecule has 0 aliphatic heterocycles. The number of rotatable bonds is 10.